The summed E-state index contributed by atoms with van der Waals surface area (Å²) in [7, 11) is 1.49. The highest BCUT2D eigenvalue weighted by atomic mass is 31.2. The fourth-order valence-corrected chi connectivity index (χ4v) is 9.51. The van der Waals surface area contributed by atoms with E-state index in [2.05, 4.69) is 38.2 Å². The van der Waals surface area contributed by atoms with Crippen LogP contribution in [-0.2, 0) is 32.7 Å². The molecule has 0 fully saturated rings. The molecule has 0 aromatic rings. The van der Waals surface area contributed by atoms with Crippen LogP contribution in [0.2, 0.25) is 0 Å². The minimum Gasteiger partial charge on any atom is -0.462 e. The van der Waals surface area contributed by atoms with Crippen LogP contribution in [0.15, 0.2) is 24.3 Å². The van der Waals surface area contributed by atoms with Gasteiger partial charge in [-0.25, -0.2) is 4.57 Å². The number of hydrogen-bond acceptors (Lipinski definition) is 7. The van der Waals surface area contributed by atoms with E-state index in [0.717, 1.165) is 32.1 Å². The molecule has 414 valence electrons. The Balaban J connectivity index is 4.06. The van der Waals surface area contributed by atoms with Crippen LogP contribution >= 0.6 is 7.82 Å². The minimum absolute atomic E-state index is 0.0336. The molecular formula is C60H117NO8P+. The largest absolute Gasteiger partial charge is 0.472 e. The highest BCUT2D eigenvalue weighted by Crippen LogP contribution is 2.43. The molecule has 1 N–H and O–H groups in total. The van der Waals surface area contributed by atoms with E-state index >= 15 is 0 Å². The molecule has 0 radical (unpaired) electrons. The number of phosphoric acid groups is 1. The number of unbranched alkanes of at least 4 members (excludes halogenated alkanes) is 38. The maximum Gasteiger partial charge on any atom is 0.472 e. The molecule has 0 rings (SSSR count). The molecule has 0 aliphatic rings. The Morgan fingerprint density at radius 2 is 0.729 bits per heavy atom. The Morgan fingerprint density at radius 1 is 0.429 bits per heavy atom. The number of carbonyl (C=O) groups excluding carboxylic acids is 2. The zero-order chi connectivity index (χ0) is 51.3. The van der Waals surface area contributed by atoms with E-state index in [-0.39, 0.29) is 32.0 Å². The first-order valence-corrected chi connectivity index (χ1v) is 31.6. The normalized spacial score (nSPS) is 13.4. The first-order chi connectivity index (χ1) is 34.0. The number of rotatable bonds is 56. The summed E-state index contributed by atoms with van der Waals surface area (Å²) in [5.41, 5.74) is 0. The molecular weight excluding hydrogens is 894 g/mol. The van der Waals surface area contributed by atoms with Crippen molar-refractivity contribution in [1.82, 2.24) is 0 Å². The van der Waals surface area contributed by atoms with E-state index in [4.69, 9.17) is 18.5 Å². The summed E-state index contributed by atoms with van der Waals surface area (Å²) in [5, 5.41) is 0. The average Bonchev–Trinajstić information content (AvgIpc) is 3.32. The van der Waals surface area contributed by atoms with E-state index in [9.17, 15) is 19.0 Å². The first kappa shape index (κ1) is 68.5. The molecule has 0 spiro atoms. The highest BCUT2D eigenvalue weighted by molar-refractivity contribution is 7.47. The third-order valence-electron chi connectivity index (χ3n) is 13.5. The fraction of sp³-hybridized carbons (Fsp3) is 0.900. The smallest absolute Gasteiger partial charge is 0.462 e. The average molecular weight is 1010 g/mol. The van der Waals surface area contributed by atoms with Gasteiger partial charge >= 0.3 is 19.8 Å². The molecule has 9 nitrogen and oxygen atoms in total. The zero-order valence-electron chi connectivity index (χ0n) is 47.0. The number of hydrogen-bond donors (Lipinski definition) is 1. The number of phosphoric ester groups is 1. The lowest BCUT2D eigenvalue weighted by molar-refractivity contribution is -0.870. The van der Waals surface area contributed by atoms with Crippen LogP contribution in [0.4, 0.5) is 0 Å². The van der Waals surface area contributed by atoms with E-state index in [1.54, 1.807) is 0 Å². The van der Waals surface area contributed by atoms with Gasteiger partial charge in [-0.3, -0.25) is 18.6 Å². The van der Waals surface area contributed by atoms with Crippen LogP contribution in [0.1, 0.15) is 296 Å². The lowest BCUT2D eigenvalue weighted by Gasteiger charge is -2.24. The number of nitrogens with zero attached hydrogens (tertiary/aromatic N) is 1. The molecule has 0 amide bonds. The van der Waals surface area contributed by atoms with Crippen molar-refractivity contribution < 1.29 is 42.1 Å². The van der Waals surface area contributed by atoms with Gasteiger partial charge in [0.15, 0.2) is 6.10 Å². The Labute approximate surface area is 434 Å². The summed E-state index contributed by atoms with van der Waals surface area (Å²) in [6.45, 7) is 4.47. The molecule has 0 aromatic heterocycles. The van der Waals surface area contributed by atoms with Crippen molar-refractivity contribution in [2.75, 3.05) is 47.5 Å². The molecule has 0 aromatic carbocycles. The van der Waals surface area contributed by atoms with Gasteiger partial charge in [-0.15, -0.1) is 0 Å². The predicted molar refractivity (Wildman–Crippen MR) is 298 cm³/mol. The van der Waals surface area contributed by atoms with Crippen molar-refractivity contribution >= 4 is 19.8 Å². The van der Waals surface area contributed by atoms with Crippen molar-refractivity contribution in [2.24, 2.45) is 0 Å². The molecule has 2 atom stereocenters. The Kier molecular flexibility index (Phi) is 51.2. The molecule has 0 saturated heterocycles. The zero-order valence-corrected chi connectivity index (χ0v) is 47.9. The third-order valence-corrected chi connectivity index (χ3v) is 14.4. The quantitative estimate of drug-likeness (QED) is 0.0211. The summed E-state index contributed by atoms with van der Waals surface area (Å²) < 4.78 is 34.6. The summed E-state index contributed by atoms with van der Waals surface area (Å²) in [6.07, 6.45) is 62.5. The van der Waals surface area contributed by atoms with Gasteiger partial charge < -0.3 is 18.9 Å². The van der Waals surface area contributed by atoms with Crippen molar-refractivity contribution in [3.8, 4) is 0 Å². The third kappa shape index (κ3) is 55.8. The number of likely N-dealkylation sites (N-methyl/N-ethyl adjacent to an activating group) is 1. The van der Waals surface area contributed by atoms with Gasteiger partial charge in [0.2, 0.25) is 0 Å². The van der Waals surface area contributed by atoms with Gasteiger partial charge in [-0.1, -0.05) is 244 Å². The second kappa shape index (κ2) is 52.4. The number of esters is 2. The van der Waals surface area contributed by atoms with Crippen LogP contribution in [0.3, 0.4) is 0 Å². The van der Waals surface area contributed by atoms with Crippen molar-refractivity contribution in [3.63, 3.8) is 0 Å². The van der Waals surface area contributed by atoms with E-state index in [1.165, 1.54) is 231 Å². The van der Waals surface area contributed by atoms with Crippen molar-refractivity contribution in [3.05, 3.63) is 24.3 Å². The lowest BCUT2D eigenvalue weighted by atomic mass is 10.0. The van der Waals surface area contributed by atoms with E-state index in [1.807, 2.05) is 21.1 Å². The summed E-state index contributed by atoms with van der Waals surface area (Å²) in [5.74, 6) is -0.787. The van der Waals surface area contributed by atoms with Crippen LogP contribution in [0.5, 0.6) is 0 Å². The minimum atomic E-state index is -4.38. The van der Waals surface area contributed by atoms with E-state index < -0.39 is 26.5 Å². The van der Waals surface area contributed by atoms with Crippen LogP contribution < -0.4 is 0 Å². The maximum absolute atomic E-state index is 12.8. The second-order valence-electron chi connectivity index (χ2n) is 21.7. The highest BCUT2D eigenvalue weighted by Gasteiger charge is 2.27. The lowest BCUT2D eigenvalue weighted by Crippen LogP contribution is -2.37. The summed E-state index contributed by atoms with van der Waals surface area (Å²) in [6, 6.07) is 0. The molecule has 0 saturated carbocycles. The standard InChI is InChI=1S/C60H116NO8P/c1-6-8-10-12-14-16-18-20-22-24-25-26-27-28-29-30-31-32-33-34-35-37-39-41-43-45-47-49-51-53-60(63)69-58(57-68-70(64,65)67-55-54-61(3,4)5)56-66-59(62)52-50-48-46-44-42-40-38-36-23-21-19-17-15-13-11-9-7-2/h21,23-25,58H,6-20,22,26-57H2,1-5H3/p+1/b23-21-,25-24-. The van der Waals surface area contributed by atoms with Gasteiger partial charge in [-0.05, 0) is 64.2 Å². The molecule has 0 aliphatic carbocycles. The maximum atomic E-state index is 12.8. The molecule has 10 heteroatoms. The molecule has 0 bridgehead atoms. The van der Waals surface area contributed by atoms with Crippen LogP contribution in [-0.4, -0.2) is 74.9 Å². The number of quaternary nitrogens is 1. The molecule has 0 aliphatic heterocycles. The monoisotopic (exact) mass is 1010 g/mol. The van der Waals surface area contributed by atoms with Gasteiger partial charge in [-0.2, -0.15) is 0 Å². The molecule has 0 heterocycles. The van der Waals surface area contributed by atoms with Crippen molar-refractivity contribution in [2.45, 2.75) is 302 Å². The van der Waals surface area contributed by atoms with Gasteiger partial charge in [0.25, 0.3) is 0 Å². The molecule has 2 unspecified atom stereocenters. The Morgan fingerprint density at radius 3 is 1.06 bits per heavy atom. The van der Waals surface area contributed by atoms with Gasteiger partial charge in [0.1, 0.15) is 19.8 Å². The summed E-state index contributed by atoms with van der Waals surface area (Å²) in [4.78, 5) is 35.7. The first-order valence-electron chi connectivity index (χ1n) is 30.1. The second-order valence-corrected chi connectivity index (χ2v) is 23.2. The van der Waals surface area contributed by atoms with Gasteiger partial charge in [0.05, 0.1) is 27.7 Å². The molecule has 70 heavy (non-hydrogen) atoms. The number of carbonyl (C=O) groups is 2. The summed E-state index contributed by atoms with van der Waals surface area (Å²) >= 11 is 0. The van der Waals surface area contributed by atoms with Crippen molar-refractivity contribution in [1.29, 1.82) is 0 Å². The van der Waals surface area contributed by atoms with E-state index in [0.29, 0.717) is 17.4 Å². The SMILES string of the molecule is CCCCCCCC/C=C\CCCCCCCCCC(=O)OCC(COP(=O)(O)OCC[N+](C)(C)C)OC(=O)CCCCCCCCCCCCCCCCCCC/C=C\CCCCCCCCCC. The topological polar surface area (TPSA) is 108 Å². The predicted octanol–water partition coefficient (Wildman–Crippen LogP) is 18.6. The Bertz CT molecular complexity index is 1240. The van der Waals surface area contributed by atoms with Gasteiger partial charge in [0, 0.05) is 12.8 Å². The van der Waals surface area contributed by atoms with Crippen LogP contribution in [0.25, 0.3) is 0 Å². The number of ether oxygens (including phenoxy) is 2. The van der Waals surface area contributed by atoms with Crippen LogP contribution in [0, 0.1) is 0 Å². The fourth-order valence-electron chi connectivity index (χ4n) is 8.77. The number of allylic oxidation sites excluding steroid dienone is 4. The Hall–Kier alpha value is -1.51.